The molecule has 5 nitrogen and oxygen atoms in total. The summed E-state index contributed by atoms with van der Waals surface area (Å²) in [5, 5.41) is 11.7. The van der Waals surface area contributed by atoms with E-state index >= 15 is 0 Å². The Hall–Kier alpha value is -0.590. The van der Waals surface area contributed by atoms with Gasteiger partial charge in [0.05, 0.1) is 12.2 Å². The third-order valence-corrected chi connectivity index (χ3v) is 4.63. The Morgan fingerprint density at radius 1 is 1.58 bits per heavy atom. The van der Waals surface area contributed by atoms with Crippen LogP contribution < -0.4 is 5.32 Å². The fourth-order valence-electron chi connectivity index (χ4n) is 2.15. The summed E-state index contributed by atoms with van der Waals surface area (Å²) in [5.74, 6) is 2.58. The van der Waals surface area contributed by atoms with Gasteiger partial charge >= 0.3 is 0 Å². The van der Waals surface area contributed by atoms with Gasteiger partial charge in [0.2, 0.25) is 0 Å². The average Bonchev–Trinajstić information content (AvgIpc) is 3.04. The van der Waals surface area contributed by atoms with E-state index in [4.69, 9.17) is 0 Å². The van der Waals surface area contributed by atoms with Crippen molar-refractivity contribution in [1.29, 1.82) is 0 Å². The largest absolute Gasteiger partial charge is 0.309 e. The number of nitrogens with one attached hydrogen (secondary N) is 1. The fourth-order valence-corrected chi connectivity index (χ4v) is 3.45. The third-order valence-electron chi connectivity index (χ3n) is 3.49. The van der Waals surface area contributed by atoms with Gasteiger partial charge in [0, 0.05) is 37.1 Å². The van der Waals surface area contributed by atoms with Gasteiger partial charge < -0.3 is 10.2 Å². The predicted octanol–water partition coefficient (Wildman–Crippen LogP) is 1.21. The van der Waals surface area contributed by atoms with E-state index in [-0.39, 0.29) is 0 Å². The van der Waals surface area contributed by atoms with Gasteiger partial charge in [0.1, 0.15) is 0 Å². The average molecular weight is 283 g/mol. The number of aromatic nitrogens is 3. The maximum absolute atomic E-state index is 4.19. The summed E-state index contributed by atoms with van der Waals surface area (Å²) in [6, 6.07) is 1.23. The molecule has 1 N–H and O–H groups in total. The molecule has 108 valence electrons. The topological polar surface area (TPSA) is 46.0 Å². The second-order valence-corrected chi connectivity index (χ2v) is 6.66. The standard InChI is InChI=1S/C13H25N5S/c1-11(2)14-8-12-9-18(16-15-12)6-5-17(3)13-4-7-19-10-13/h9,11,13-14H,4-8,10H2,1-3H3. The van der Waals surface area contributed by atoms with Gasteiger partial charge in [0.25, 0.3) is 0 Å². The molecule has 2 rings (SSSR count). The summed E-state index contributed by atoms with van der Waals surface area (Å²) in [6.45, 7) is 7.04. The normalized spacial score (nSPS) is 19.7. The number of nitrogens with zero attached hydrogens (tertiary/aromatic N) is 4. The smallest absolute Gasteiger partial charge is 0.0964 e. The molecular formula is C13H25N5S. The molecule has 1 aliphatic rings. The Morgan fingerprint density at radius 3 is 3.11 bits per heavy atom. The zero-order valence-corrected chi connectivity index (χ0v) is 13.0. The van der Waals surface area contributed by atoms with Gasteiger partial charge in [-0.3, -0.25) is 4.68 Å². The summed E-state index contributed by atoms with van der Waals surface area (Å²) in [7, 11) is 2.22. The SMILES string of the molecule is CC(C)NCc1cn(CCN(C)C2CCSC2)nn1. The molecular weight excluding hydrogens is 258 g/mol. The van der Waals surface area contributed by atoms with Crippen LogP contribution in [0.15, 0.2) is 6.20 Å². The maximum Gasteiger partial charge on any atom is 0.0964 e. The van der Waals surface area contributed by atoms with E-state index in [0.717, 1.165) is 31.4 Å². The molecule has 19 heavy (non-hydrogen) atoms. The molecule has 0 aromatic carbocycles. The van der Waals surface area contributed by atoms with Gasteiger partial charge in [-0.2, -0.15) is 11.8 Å². The molecule has 0 spiro atoms. The molecule has 1 atom stereocenters. The summed E-state index contributed by atoms with van der Waals surface area (Å²) in [5.41, 5.74) is 1.02. The molecule has 1 aliphatic heterocycles. The molecule has 1 unspecified atom stereocenters. The van der Waals surface area contributed by atoms with Crippen LogP contribution >= 0.6 is 11.8 Å². The van der Waals surface area contributed by atoms with E-state index in [0.29, 0.717) is 6.04 Å². The number of hydrogen-bond acceptors (Lipinski definition) is 5. The molecule has 0 bridgehead atoms. The molecule has 1 aromatic rings. The van der Waals surface area contributed by atoms with Crippen LogP contribution in [-0.2, 0) is 13.1 Å². The fraction of sp³-hybridized carbons (Fsp3) is 0.846. The monoisotopic (exact) mass is 283 g/mol. The Labute approximate surface area is 120 Å². The second-order valence-electron chi connectivity index (χ2n) is 5.51. The number of rotatable bonds is 7. The van der Waals surface area contributed by atoms with Crippen molar-refractivity contribution < 1.29 is 0 Å². The lowest BCUT2D eigenvalue weighted by molar-refractivity contribution is 0.248. The lowest BCUT2D eigenvalue weighted by Gasteiger charge is -2.22. The molecule has 1 aromatic heterocycles. The second kappa shape index (κ2) is 7.26. The zero-order chi connectivity index (χ0) is 13.7. The third kappa shape index (κ3) is 4.78. The van der Waals surface area contributed by atoms with Gasteiger partial charge in [0.15, 0.2) is 0 Å². The molecule has 0 aliphatic carbocycles. The van der Waals surface area contributed by atoms with Crippen LogP contribution in [0.25, 0.3) is 0 Å². The first kappa shape index (κ1) is 14.8. The van der Waals surface area contributed by atoms with Crippen molar-refractivity contribution in [1.82, 2.24) is 25.2 Å². The van der Waals surface area contributed by atoms with Crippen LogP contribution in [-0.4, -0.2) is 57.1 Å². The number of thioether (sulfide) groups is 1. The Bertz CT molecular complexity index is 373. The van der Waals surface area contributed by atoms with Crippen molar-refractivity contribution in [2.75, 3.05) is 25.1 Å². The molecule has 0 radical (unpaired) electrons. The van der Waals surface area contributed by atoms with Crippen molar-refractivity contribution in [2.45, 2.75) is 45.4 Å². The van der Waals surface area contributed by atoms with E-state index < -0.39 is 0 Å². The minimum Gasteiger partial charge on any atom is -0.309 e. The molecule has 6 heteroatoms. The lowest BCUT2D eigenvalue weighted by atomic mass is 10.2. The van der Waals surface area contributed by atoms with Crippen molar-refractivity contribution in [2.24, 2.45) is 0 Å². The summed E-state index contributed by atoms with van der Waals surface area (Å²) in [4.78, 5) is 2.45. The first-order valence-corrected chi connectivity index (χ1v) is 8.21. The number of likely N-dealkylation sites (N-methyl/N-ethyl adjacent to an activating group) is 1. The molecule has 1 fully saturated rings. The summed E-state index contributed by atoms with van der Waals surface area (Å²) < 4.78 is 1.95. The van der Waals surface area contributed by atoms with Crippen LogP contribution in [0.3, 0.4) is 0 Å². The lowest BCUT2D eigenvalue weighted by Crippen LogP contribution is -2.34. The highest BCUT2D eigenvalue weighted by atomic mass is 32.2. The quantitative estimate of drug-likeness (QED) is 0.815. The Balaban J connectivity index is 1.73. The van der Waals surface area contributed by atoms with E-state index in [1.807, 2.05) is 10.9 Å². The first-order valence-electron chi connectivity index (χ1n) is 7.05. The Morgan fingerprint density at radius 2 is 2.42 bits per heavy atom. The number of hydrogen-bond donors (Lipinski definition) is 1. The molecule has 0 saturated carbocycles. The highest BCUT2D eigenvalue weighted by Crippen LogP contribution is 2.21. The van der Waals surface area contributed by atoms with Crippen molar-refractivity contribution in [3.05, 3.63) is 11.9 Å². The van der Waals surface area contributed by atoms with Crippen LogP contribution in [0, 0.1) is 0 Å². The first-order chi connectivity index (χ1) is 9.15. The van der Waals surface area contributed by atoms with Crippen LogP contribution in [0.5, 0.6) is 0 Å². The predicted molar refractivity (Wildman–Crippen MR) is 80.4 cm³/mol. The van der Waals surface area contributed by atoms with Crippen molar-refractivity contribution in [3.8, 4) is 0 Å². The maximum atomic E-state index is 4.19. The molecule has 2 heterocycles. The van der Waals surface area contributed by atoms with Crippen LogP contribution in [0.1, 0.15) is 26.0 Å². The van der Waals surface area contributed by atoms with Gasteiger partial charge in [-0.15, -0.1) is 5.10 Å². The summed E-state index contributed by atoms with van der Waals surface area (Å²) >= 11 is 2.06. The molecule has 0 amide bonds. The zero-order valence-electron chi connectivity index (χ0n) is 12.2. The van der Waals surface area contributed by atoms with Crippen LogP contribution in [0.2, 0.25) is 0 Å². The van der Waals surface area contributed by atoms with Gasteiger partial charge in [-0.25, -0.2) is 0 Å². The molecule has 1 saturated heterocycles. The van der Waals surface area contributed by atoms with E-state index in [2.05, 4.69) is 53.2 Å². The Kier molecular flexibility index (Phi) is 5.66. The van der Waals surface area contributed by atoms with Crippen LogP contribution in [0.4, 0.5) is 0 Å². The van der Waals surface area contributed by atoms with Crippen molar-refractivity contribution in [3.63, 3.8) is 0 Å². The minimum absolute atomic E-state index is 0.483. The summed E-state index contributed by atoms with van der Waals surface area (Å²) in [6.07, 6.45) is 3.37. The highest BCUT2D eigenvalue weighted by Gasteiger charge is 2.19. The highest BCUT2D eigenvalue weighted by molar-refractivity contribution is 7.99. The minimum atomic E-state index is 0.483. The van der Waals surface area contributed by atoms with Crippen molar-refractivity contribution >= 4 is 11.8 Å². The van der Waals surface area contributed by atoms with E-state index in [9.17, 15) is 0 Å². The van der Waals surface area contributed by atoms with Gasteiger partial charge in [-0.1, -0.05) is 19.1 Å². The van der Waals surface area contributed by atoms with E-state index in [1.165, 1.54) is 17.9 Å². The van der Waals surface area contributed by atoms with Gasteiger partial charge in [-0.05, 0) is 19.2 Å². The van der Waals surface area contributed by atoms with E-state index in [1.54, 1.807) is 0 Å².